The quantitative estimate of drug-likeness (QED) is 0.735. The molecule has 0 aromatic heterocycles. The Hall–Kier alpha value is -1.45. The molecule has 0 spiro atoms. The molecule has 1 aliphatic heterocycles. The number of aliphatic imine (C=N–C) groups is 1. The molecule has 1 aromatic carbocycles. The highest BCUT2D eigenvalue weighted by Gasteiger charge is 2.19. The maximum Gasteiger partial charge on any atom is 0.180 e. The second-order valence-electron chi connectivity index (χ2n) is 3.52. The van der Waals surface area contributed by atoms with E-state index in [0.29, 0.717) is 12.5 Å². The lowest BCUT2D eigenvalue weighted by atomic mass is 10.1. The van der Waals surface area contributed by atoms with Gasteiger partial charge in [-0.25, -0.2) is 13.8 Å². The van der Waals surface area contributed by atoms with Crippen LogP contribution in [0.2, 0.25) is 0 Å². The van der Waals surface area contributed by atoms with Gasteiger partial charge in [-0.05, 0) is 12.1 Å². The Morgan fingerprint density at radius 1 is 1.40 bits per heavy atom. The summed E-state index contributed by atoms with van der Waals surface area (Å²) < 4.78 is 31.7. The highest BCUT2D eigenvalue weighted by atomic mass is 19.1. The van der Waals surface area contributed by atoms with Crippen LogP contribution in [0.1, 0.15) is 12.5 Å². The Labute approximate surface area is 86.6 Å². The molecule has 1 aromatic rings. The Balaban J connectivity index is 2.17. The Morgan fingerprint density at radius 3 is 2.60 bits per heavy atom. The molecule has 4 heteroatoms. The molecule has 0 unspecified atom stereocenters. The summed E-state index contributed by atoms with van der Waals surface area (Å²) in [5, 5.41) is 0. The summed E-state index contributed by atoms with van der Waals surface area (Å²) in [4.78, 5) is 4.13. The average Bonchev–Trinajstić information content (AvgIpc) is 2.58. The van der Waals surface area contributed by atoms with E-state index < -0.39 is 11.6 Å². The number of hydrogen-bond donors (Lipinski definition) is 0. The lowest BCUT2D eigenvalue weighted by Crippen LogP contribution is -2.12. The topological polar surface area (TPSA) is 21.6 Å². The molecule has 15 heavy (non-hydrogen) atoms. The maximum atomic E-state index is 13.3. The Kier molecular flexibility index (Phi) is 2.66. The van der Waals surface area contributed by atoms with Crippen molar-refractivity contribution >= 4 is 5.90 Å². The predicted molar refractivity (Wildman–Crippen MR) is 52.9 cm³/mol. The first-order chi connectivity index (χ1) is 7.16. The van der Waals surface area contributed by atoms with Gasteiger partial charge in [-0.3, -0.25) is 0 Å². The molecule has 0 saturated carbocycles. The van der Waals surface area contributed by atoms with Gasteiger partial charge in [0.2, 0.25) is 0 Å². The fourth-order valence-corrected chi connectivity index (χ4v) is 1.62. The largest absolute Gasteiger partial charge is 0.479 e. The van der Waals surface area contributed by atoms with Crippen molar-refractivity contribution in [2.45, 2.75) is 19.4 Å². The minimum absolute atomic E-state index is 0.0875. The normalized spacial score (nSPS) is 19.9. The van der Waals surface area contributed by atoms with Crippen LogP contribution in [0.15, 0.2) is 23.2 Å². The van der Waals surface area contributed by atoms with Crippen LogP contribution in [0.3, 0.4) is 0 Å². The van der Waals surface area contributed by atoms with Crippen LogP contribution in [0.4, 0.5) is 8.78 Å². The Bertz CT molecular complexity index is 383. The molecule has 0 fully saturated rings. The SMILES string of the molecule is CC1=N[C@@H](Cc2c(F)cccc2F)CO1. The zero-order valence-electron chi connectivity index (χ0n) is 8.34. The molecule has 1 aliphatic rings. The fraction of sp³-hybridized carbons (Fsp3) is 0.364. The van der Waals surface area contributed by atoms with E-state index in [-0.39, 0.29) is 18.0 Å². The monoisotopic (exact) mass is 211 g/mol. The van der Waals surface area contributed by atoms with E-state index in [2.05, 4.69) is 4.99 Å². The molecule has 0 bridgehead atoms. The summed E-state index contributed by atoms with van der Waals surface area (Å²) in [6, 6.07) is 3.69. The molecule has 0 aliphatic carbocycles. The molecule has 1 heterocycles. The molecular weight excluding hydrogens is 200 g/mol. The highest BCUT2D eigenvalue weighted by molar-refractivity contribution is 5.74. The number of hydrogen-bond acceptors (Lipinski definition) is 2. The van der Waals surface area contributed by atoms with E-state index in [1.165, 1.54) is 18.2 Å². The molecule has 80 valence electrons. The van der Waals surface area contributed by atoms with E-state index in [1.54, 1.807) is 6.92 Å². The zero-order valence-corrected chi connectivity index (χ0v) is 8.34. The number of halogens is 2. The van der Waals surface area contributed by atoms with Crippen LogP contribution in [-0.2, 0) is 11.2 Å². The predicted octanol–water partition coefficient (Wildman–Crippen LogP) is 2.32. The van der Waals surface area contributed by atoms with Crippen molar-refractivity contribution in [3.63, 3.8) is 0 Å². The fourth-order valence-electron chi connectivity index (χ4n) is 1.62. The van der Waals surface area contributed by atoms with Crippen molar-refractivity contribution in [3.05, 3.63) is 35.4 Å². The van der Waals surface area contributed by atoms with Gasteiger partial charge >= 0.3 is 0 Å². The standard InChI is InChI=1S/C11H11F2NO/c1-7-14-8(6-15-7)5-9-10(12)3-2-4-11(9)13/h2-4,8H,5-6H2,1H3/t8-/m0/s1. The number of benzene rings is 1. The van der Waals surface area contributed by atoms with Crippen LogP contribution in [0.25, 0.3) is 0 Å². The second kappa shape index (κ2) is 3.96. The summed E-state index contributed by atoms with van der Waals surface area (Å²) in [7, 11) is 0. The molecule has 0 N–H and O–H groups in total. The minimum atomic E-state index is -0.519. The average molecular weight is 211 g/mol. The summed E-state index contributed by atoms with van der Waals surface area (Å²) in [6.07, 6.45) is 0.246. The number of ether oxygens (including phenoxy) is 1. The van der Waals surface area contributed by atoms with Gasteiger partial charge < -0.3 is 4.74 Å². The van der Waals surface area contributed by atoms with Crippen LogP contribution < -0.4 is 0 Å². The molecule has 0 radical (unpaired) electrons. The third-order valence-corrected chi connectivity index (χ3v) is 2.35. The van der Waals surface area contributed by atoms with Crippen molar-refractivity contribution in [1.82, 2.24) is 0 Å². The van der Waals surface area contributed by atoms with Crippen LogP contribution in [0.5, 0.6) is 0 Å². The van der Waals surface area contributed by atoms with E-state index in [0.717, 1.165) is 0 Å². The smallest absolute Gasteiger partial charge is 0.180 e. The third-order valence-electron chi connectivity index (χ3n) is 2.35. The van der Waals surface area contributed by atoms with Crippen LogP contribution in [-0.4, -0.2) is 18.5 Å². The van der Waals surface area contributed by atoms with Gasteiger partial charge in [0.05, 0.1) is 6.04 Å². The Morgan fingerprint density at radius 2 is 2.07 bits per heavy atom. The first-order valence-electron chi connectivity index (χ1n) is 4.77. The summed E-state index contributed by atoms with van der Waals surface area (Å²) >= 11 is 0. The van der Waals surface area contributed by atoms with Crippen LogP contribution >= 0.6 is 0 Å². The van der Waals surface area contributed by atoms with E-state index in [9.17, 15) is 8.78 Å². The minimum Gasteiger partial charge on any atom is -0.479 e. The molecular formula is C11H11F2NO. The van der Waals surface area contributed by atoms with Crippen molar-refractivity contribution < 1.29 is 13.5 Å². The first kappa shape index (κ1) is 10.1. The van der Waals surface area contributed by atoms with Crippen molar-refractivity contribution in [1.29, 1.82) is 0 Å². The lowest BCUT2D eigenvalue weighted by Gasteiger charge is -2.07. The summed E-state index contributed by atoms with van der Waals surface area (Å²) in [6.45, 7) is 2.14. The van der Waals surface area contributed by atoms with Crippen molar-refractivity contribution in [2.75, 3.05) is 6.61 Å². The highest BCUT2D eigenvalue weighted by Crippen LogP contribution is 2.17. The molecule has 0 saturated heterocycles. The van der Waals surface area contributed by atoms with Gasteiger partial charge in [-0.1, -0.05) is 6.07 Å². The first-order valence-corrected chi connectivity index (χ1v) is 4.77. The zero-order chi connectivity index (χ0) is 10.8. The molecule has 0 amide bonds. The van der Waals surface area contributed by atoms with Crippen LogP contribution in [0, 0.1) is 11.6 Å². The van der Waals surface area contributed by atoms with Gasteiger partial charge in [-0.2, -0.15) is 0 Å². The van der Waals surface area contributed by atoms with E-state index in [4.69, 9.17) is 4.74 Å². The number of rotatable bonds is 2. The number of nitrogens with zero attached hydrogens (tertiary/aromatic N) is 1. The second-order valence-corrected chi connectivity index (χ2v) is 3.52. The van der Waals surface area contributed by atoms with Gasteiger partial charge in [0.1, 0.15) is 18.2 Å². The molecule has 1 atom stereocenters. The maximum absolute atomic E-state index is 13.3. The lowest BCUT2D eigenvalue weighted by molar-refractivity contribution is 0.312. The van der Waals surface area contributed by atoms with Gasteiger partial charge in [-0.15, -0.1) is 0 Å². The third kappa shape index (κ3) is 2.14. The van der Waals surface area contributed by atoms with Gasteiger partial charge in [0, 0.05) is 18.9 Å². The summed E-state index contributed by atoms with van der Waals surface area (Å²) in [5.41, 5.74) is 0.0875. The van der Waals surface area contributed by atoms with Crippen molar-refractivity contribution in [2.24, 2.45) is 4.99 Å². The van der Waals surface area contributed by atoms with Gasteiger partial charge in [0.15, 0.2) is 5.90 Å². The summed E-state index contributed by atoms with van der Waals surface area (Å²) in [5.74, 6) is -0.457. The van der Waals surface area contributed by atoms with Crippen molar-refractivity contribution in [3.8, 4) is 0 Å². The van der Waals surface area contributed by atoms with E-state index >= 15 is 0 Å². The molecule has 2 rings (SSSR count). The van der Waals surface area contributed by atoms with E-state index in [1.807, 2.05) is 0 Å². The van der Waals surface area contributed by atoms with Gasteiger partial charge in [0.25, 0.3) is 0 Å². The molecule has 2 nitrogen and oxygen atoms in total.